The van der Waals surface area contributed by atoms with Gasteiger partial charge in [-0.25, -0.2) is 0 Å². The van der Waals surface area contributed by atoms with E-state index >= 15 is 0 Å². The van der Waals surface area contributed by atoms with E-state index in [4.69, 9.17) is 0 Å². The minimum Gasteiger partial charge on any atom is -0.481 e. The van der Waals surface area contributed by atoms with Crippen LogP contribution in [-0.2, 0) is 11.8 Å². The largest absolute Gasteiger partial charge is 0.481 e. The Bertz CT molecular complexity index is 564. The van der Waals surface area contributed by atoms with Crippen LogP contribution in [0.15, 0.2) is 0 Å². The lowest BCUT2D eigenvalue weighted by Gasteiger charge is -2.23. The SMILES string of the molecule is CCC1(C(=O)O)CCN(C(=O)c2c(C)nn(C)c2C)C1. The number of aromatic nitrogens is 2. The maximum absolute atomic E-state index is 12.6. The second kappa shape index (κ2) is 4.92. The molecule has 0 aliphatic carbocycles. The number of hydrogen-bond donors (Lipinski definition) is 1. The molecule has 0 bridgehead atoms. The minimum atomic E-state index is -0.810. The smallest absolute Gasteiger partial charge is 0.311 e. The van der Waals surface area contributed by atoms with Gasteiger partial charge in [0.15, 0.2) is 0 Å². The van der Waals surface area contributed by atoms with Crippen molar-refractivity contribution < 1.29 is 14.7 Å². The number of nitrogens with zero attached hydrogens (tertiary/aromatic N) is 3. The molecule has 1 aliphatic rings. The van der Waals surface area contributed by atoms with Crippen LogP contribution in [-0.4, -0.2) is 44.8 Å². The number of carbonyl (C=O) groups excluding carboxylic acids is 1. The molecule has 1 aromatic rings. The number of carboxylic acid groups (broad SMARTS) is 1. The van der Waals surface area contributed by atoms with Gasteiger partial charge in [0.1, 0.15) is 0 Å². The van der Waals surface area contributed by atoms with Gasteiger partial charge < -0.3 is 10.0 Å². The molecule has 1 atom stereocenters. The maximum atomic E-state index is 12.6. The molecule has 1 amide bonds. The van der Waals surface area contributed by atoms with Gasteiger partial charge in [-0.2, -0.15) is 5.10 Å². The van der Waals surface area contributed by atoms with Crippen molar-refractivity contribution in [2.45, 2.75) is 33.6 Å². The van der Waals surface area contributed by atoms with Crippen molar-refractivity contribution in [2.24, 2.45) is 12.5 Å². The summed E-state index contributed by atoms with van der Waals surface area (Å²) in [5.41, 5.74) is 1.32. The van der Waals surface area contributed by atoms with Crippen LogP contribution >= 0.6 is 0 Å². The van der Waals surface area contributed by atoms with Crippen molar-refractivity contribution in [2.75, 3.05) is 13.1 Å². The molecule has 2 rings (SSSR count). The van der Waals surface area contributed by atoms with Crippen LogP contribution < -0.4 is 0 Å². The first kappa shape index (κ1) is 14.6. The quantitative estimate of drug-likeness (QED) is 0.906. The summed E-state index contributed by atoms with van der Waals surface area (Å²) in [5, 5.41) is 13.6. The number of likely N-dealkylation sites (tertiary alicyclic amines) is 1. The molecule has 0 saturated carbocycles. The van der Waals surface area contributed by atoms with Crippen LogP contribution in [0.1, 0.15) is 41.5 Å². The van der Waals surface area contributed by atoms with Crippen molar-refractivity contribution in [1.29, 1.82) is 0 Å². The second-order valence-corrected chi connectivity index (χ2v) is 5.59. The summed E-state index contributed by atoms with van der Waals surface area (Å²) in [6, 6.07) is 0. The number of rotatable bonds is 3. The molecule has 6 heteroatoms. The Morgan fingerprint density at radius 1 is 1.40 bits per heavy atom. The molecule has 1 fully saturated rings. The molecule has 0 spiro atoms. The third-order valence-corrected chi connectivity index (χ3v) is 4.49. The summed E-state index contributed by atoms with van der Waals surface area (Å²) >= 11 is 0. The lowest BCUT2D eigenvalue weighted by Crippen LogP contribution is -2.36. The predicted octanol–water partition coefficient (Wildman–Crippen LogP) is 1.36. The summed E-state index contributed by atoms with van der Waals surface area (Å²) in [6.07, 6.45) is 1.06. The molecule has 20 heavy (non-hydrogen) atoms. The van der Waals surface area contributed by atoms with E-state index in [2.05, 4.69) is 5.10 Å². The van der Waals surface area contributed by atoms with Crippen molar-refractivity contribution in [1.82, 2.24) is 14.7 Å². The summed E-state index contributed by atoms with van der Waals surface area (Å²) in [4.78, 5) is 25.7. The highest BCUT2D eigenvalue weighted by Gasteiger charge is 2.45. The van der Waals surface area contributed by atoms with Gasteiger partial charge in [0.25, 0.3) is 5.91 Å². The summed E-state index contributed by atoms with van der Waals surface area (Å²) < 4.78 is 1.68. The zero-order valence-corrected chi connectivity index (χ0v) is 12.4. The zero-order valence-electron chi connectivity index (χ0n) is 12.4. The summed E-state index contributed by atoms with van der Waals surface area (Å²) in [6.45, 7) is 6.30. The van der Waals surface area contributed by atoms with Crippen molar-refractivity contribution in [3.8, 4) is 0 Å². The Balaban J connectivity index is 2.26. The summed E-state index contributed by atoms with van der Waals surface area (Å²) in [7, 11) is 1.80. The third-order valence-electron chi connectivity index (χ3n) is 4.49. The van der Waals surface area contributed by atoms with Crippen molar-refractivity contribution in [3.05, 3.63) is 17.0 Å². The molecule has 110 valence electrons. The van der Waals surface area contributed by atoms with Crippen molar-refractivity contribution >= 4 is 11.9 Å². The van der Waals surface area contributed by atoms with Gasteiger partial charge in [0, 0.05) is 25.8 Å². The van der Waals surface area contributed by atoms with Crippen LogP contribution in [0, 0.1) is 19.3 Å². The highest BCUT2D eigenvalue weighted by atomic mass is 16.4. The number of carbonyl (C=O) groups is 2. The number of carboxylic acids is 1. The average molecular weight is 279 g/mol. The molecular weight excluding hydrogens is 258 g/mol. The van der Waals surface area contributed by atoms with Crippen LogP contribution in [0.25, 0.3) is 0 Å². The van der Waals surface area contributed by atoms with E-state index in [1.54, 1.807) is 23.6 Å². The standard InChI is InChI=1S/C14H21N3O3/c1-5-14(13(19)20)6-7-17(8-14)12(18)11-9(2)15-16(4)10(11)3/h5-8H2,1-4H3,(H,19,20). The number of aliphatic carboxylic acids is 1. The molecule has 1 aliphatic heterocycles. The molecule has 1 N–H and O–H groups in total. The van der Waals surface area contributed by atoms with Gasteiger partial charge in [-0.15, -0.1) is 0 Å². The molecule has 6 nitrogen and oxygen atoms in total. The van der Waals surface area contributed by atoms with Crippen LogP contribution in [0.5, 0.6) is 0 Å². The van der Waals surface area contributed by atoms with E-state index in [9.17, 15) is 14.7 Å². The Morgan fingerprint density at radius 2 is 2.05 bits per heavy atom. The average Bonchev–Trinajstić information content (AvgIpc) is 2.93. The van der Waals surface area contributed by atoms with E-state index in [1.165, 1.54) is 0 Å². The Kier molecular flexibility index (Phi) is 3.58. The predicted molar refractivity (Wildman–Crippen MR) is 73.6 cm³/mol. The van der Waals surface area contributed by atoms with E-state index < -0.39 is 11.4 Å². The fraction of sp³-hybridized carbons (Fsp3) is 0.643. The Labute approximate surface area is 118 Å². The monoisotopic (exact) mass is 279 g/mol. The highest BCUT2D eigenvalue weighted by molar-refractivity contribution is 5.97. The molecule has 2 heterocycles. The lowest BCUT2D eigenvalue weighted by atomic mass is 9.84. The fourth-order valence-corrected chi connectivity index (χ4v) is 2.90. The Morgan fingerprint density at radius 3 is 2.45 bits per heavy atom. The minimum absolute atomic E-state index is 0.107. The van der Waals surface area contributed by atoms with E-state index in [0.29, 0.717) is 30.6 Å². The van der Waals surface area contributed by atoms with Gasteiger partial charge in [0.2, 0.25) is 0 Å². The second-order valence-electron chi connectivity index (χ2n) is 5.59. The van der Waals surface area contributed by atoms with Gasteiger partial charge in [-0.1, -0.05) is 6.92 Å². The molecule has 0 aromatic carbocycles. The van der Waals surface area contributed by atoms with Gasteiger partial charge in [-0.05, 0) is 26.7 Å². The van der Waals surface area contributed by atoms with Gasteiger partial charge in [0.05, 0.1) is 16.7 Å². The van der Waals surface area contributed by atoms with E-state index in [-0.39, 0.29) is 12.5 Å². The van der Waals surface area contributed by atoms with Crippen LogP contribution in [0.3, 0.4) is 0 Å². The van der Waals surface area contributed by atoms with Gasteiger partial charge in [-0.3, -0.25) is 14.3 Å². The number of hydrogen-bond acceptors (Lipinski definition) is 3. The fourth-order valence-electron chi connectivity index (χ4n) is 2.90. The Hall–Kier alpha value is -1.85. The first-order chi connectivity index (χ1) is 9.32. The number of amides is 1. The summed E-state index contributed by atoms with van der Waals surface area (Å²) in [5.74, 6) is -0.917. The van der Waals surface area contributed by atoms with Crippen LogP contribution in [0.2, 0.25) is 0 Å². The van der Waals surface area contributed by atoms with E-state index in [1.807, 2.05) is 13.8 Å². The molecule has 1 unspecified atom stereocenters. The van der Waals surface area contributed by atoms with Crippen LogP contribution in [0.4, 0.5) is 0 Å². The lowest BCUT2D eigenvalue weighted by molar-refractivity contribution is -0.148. The first-order valence-corrected chi connectivity index (χ1v) is 6.85. The number of aryl methyl sites for hydroxylation is 2. The zero-order chi connectivity index (χ0) is 15.1. The highest BCUT2D eigenvalue weighted by Crippen LogP contribution is 2.35. The third kappa shape index (κ3) is 2.09. The first-order valence-electron chi connectivity index (χ1n) is 6.85. The molecular formula is C14H21N3O3. The van der Waals surface area contributed by atoms with Gasteiger partial charge >= 0.3 is 5.97 Å². The van der Waals surface area contributed by atoms with Crippen molar-refractivity contribution in [3.63, 3.8) is 0 Å². The van der Waals surface area contributed by atoms with E-state index in [0.717, 1.165) is 5.69 Å². The molecule has 0 radical (unpaired) electrons. The molecule has 1 aromatic heterocycles. The topological polar surface area (TPSA) is 75.4 Å². The normalized spacial score (nSPS) is 22.3. The maximum Gasteiger partial charge on any atom is 0.311 e. The molecule has 1 saturated heterocycles.